The van der Waals surface area contributed by atoms with Gasteiger partial charge < -0.3 is 15.5 Å². The highest BCUT2D eigenvalue weighted by atomic mass is 32.2. The molecule has 1 amide bonds. The molecule has 7 nitrogen and oxygen atoms in total. The van der Waals surface area contributed by atoms with Crippen LogP contribution in [0.15, 0.2) is 36.5 Å². The van der Waals surface area contributed by atoms with Gasteiger partial charge >= 0.3 is 0 Å². The second-order valence-corrected chi connectivity index (χ2v) is 11.7. The molecule has 0 rings (SSSR count). The molecule has 0 saturated heterocycles. The fraction of sp³-hybridized carbons (Fsp3) is 0.767. The van der Waals surface area contributed by atoms with Crippen molar-refractivity contribution in [1.29, 1.82) is 0 Å². The first-order valence-corrected chi connectivity index (χ1v) is 16.4. The molecule has 0 bridgehead atoms. The van der Waals surface area contributed by atoms with E-state index in [2.05, 4.69) is 43.5 Å². The van der Waals surface area contributed by atoms with Crippen LogP contribution in [0.25, 0.3) is 0 Å². The highest BCUT2D eigenvalue weighted by Crippen LogP contribution is 2.10. The summed E-state index contributed by atoms with van der Waals surface area (Å²) >= 11 is 0. The summed E-state index contributed by atoms with van der Waals surface area (Å²) in [4.78, 5) is 12.4. The number of unbranched alkanes of at least 4 members (excludes halogenated alkanes) is 12. The smallest absolute Gasteiger partial charge is 0.267 e. The summed E-state index contributed by atoms with van der Waals surface area (Å²) in [5.41, 5.74) is 0. The van der Waals surface area contributed by atoms with Gasteiger partial charge in [0.2, 0.25) is 5.91 Å². The van der Waals surface area contributed by atoms with Gasteiger partial charge in [-0.25, -0.2) is 0 Å². The summed E-state index contributed by atoms with van der Waals surface area (Å²) in [5.74, 6) is -1.59. The van der Waals surface area contributed by atoms with Crippen molar-refractivity contribution in [3.63, 3.8) is 0 Å². The van der Waals surface area contributed by atoms with Gasteiger partial charge in [0.1, 0.15) is 6.10 Å². The maximum absolute atomic E-state index is 12.4. The number of nitrogens with one attached hydrogen (secondary N) is 1. The molecule has 0 radical (unpaired) electrons. The monoisotopic (exact) mass is 557 g/mol. The maximum atomic E-state index is 12.4. The lowest BCUT2D eigenvalue weighted by Gasteiger charge is -2.22. The number of amides is 1. The molecular formula is C30H55NO6S. The fourth-order valence-corrected chi connectivity index (χ4v) is 4.79. The van der Waals surface area contributed by atoms with Crippen LogP contribution in [0.1, 0.15) is 123 Å². The molecule has 0 fully saturated rings. The van der Waals surface area contributed by atoms with E-state index in [0.717, 1.165) is 32.1 Å². The summed E-state index contributed by atoms with van der Waals surface area (Å²) in [6.07, 6.45) is 26.5. The van der Waals surface area contributed by atoms with Crippen molar-refractivity contribution in [2.24, 2.45) is 0 Å². The van der Waals surface area contributed by atoms with E-state index in [4.69, 9.17) is 0 Å². The Morgan fingerprint density at radius 1 is 0.711 bits per heavy atom. The number of carbonyl (C=O) groups is 1. The largest absolute Gasteiger partial charge is 0.387 e. The molecule has 3 unspecified atom stereocenters. The van der Waals surface area contributed by atoms with E-state index in [1.165, 1.54) is 63.9 Å². The summed E-state index contributed by atoms with van der Waals surface area (Å²) < 4.78 is 32.1. The van der Waals surface area contributed by atoms with Crippen LogP contribution in [-0.4, -0.2) is 53.1 Å². The van der Waals surface area contributed by atoms with E-state index in [-0.39, 0.29) is 6.42 Å². The molecule has 222 valence electrons. The Bertz CT molecular complexity index is 763. The first-order chi connectivity index (χ1) is 18.2. The first kappa shape index (κ1) is 36.5. The van der Waals surface area contributed by atoms with Crippen molar-refractivity contribution >= 4 is 16.0 Å². The van der Waals surface area contributed by atoms with Crippen LogP contribution in [0.2, 0.25) is 0 Å². The molecular weight excluding hydrogens is 502 g/mol. The Kier molecular flexibility index (Phi) is 23.6. The molecule has 0 aromatic carbocycles. The van der Waals surface area contributed by atoms with Gasteiger partial charge in [0.05, 0.1) is 17.9 Å². The van der Waals surface area contributed by atoms with Crippen LogP contribution in [0, 0.1) is 0 Å². The van der Waals surface area contributed by atoms with Gasteiger partial charge in [-0.05, 0) is 57.8 Å². The zero-order chi connectivity index (χ0) is 28.5. The van der Waals surface area contributed by atoms with Gasteiger partial charge in [0.15, 0.2) is 0 Å². The van der Waals surface area contributed by atoms with Gasteiger partial charge in [0.25, 0.3) is 10.1 Å². The van der Waals surface area contributed by atoms with Gasteiger partial charge in [0, 0.05) is 0 Å². The number of hydrogen-bond acceptors (Lipinski definition) is 5. The molecule has 0 aliphatic rings. The summed E-state index contributed by atoms with van der Waals surface area (Å²) in [6.45, 7) is 4.38. The predicted molar refractivity (Wildman–Crippen MR) is 158 cm³/mol. The predicted octanol–water partition coefficient (Wildman–Crippen LogP) is 6.42. The van der Waals surface area contributed by atoms with Gasteiger partial charge in [-0.2, -0.15) is 8.42 Å². The van der Waals surface area contributed by atoms with Crippen LogP contribution >= 0.6 is 0 Å². The number of allylic oxidation sites excluding steroid dienone is 5. The average molecular weight is 558 g/mol. The third-order valence-corrected chi connectivity index (χ3v) is 7.18. The minimum Gasteiger partial charge on any atom is -0.387 e. The van der Waals surface area contributed by atoms with Gasteiger partial charge in [-0.1, -0.05) is 102 Å². The summed E-state index contributed by atoms with van der Waals surface area (Å²) in [7, 11) is -4.44. The molecule has 4 N–H and O–H groups in total. The maximum Gasteiger partial charge on any atom is 0.267 e. The van der Waals surface area contributed by atoms with E-state index in [1.54, 1.807) is 6.08 Å². The molecule has 8 heteroatoms. The lowest BCUT2D eigenvalue weighted by Crippen LogP contribution is -2.50. The lowest BCUT2D eigenvalue weighted by molar-refractivity contribution is -0.130. The molecule has 0 saturated carbocycles. The zero-order valence-corrected chi connectivity index (χ0v) is 24.7. The Labute approximate surface area is 232 Å². The Morgan fingerprint density at radius 3 is 1.79 bits per heavy atom. The standard InChI is InChI=1S/C30H55NO6S/c1-3-5-7-9-11-13-14-15-17-19-21-23-25-29(33)30(34)31-27(26-38(35,36)37)28(32)24-22-20-18-16-12-10-8-6-4-2/h12,15-17,22,24,27-29,32-33H,3-11,13-14,18-21,23,25-26H2,1-2H3,(H,31,34)(H,35,36,37)/b16-12+,17-15-,24-22+. The number of hydrogen-bond donors (Lipinski definition) is 4. The van der Waals surface area contributed by atoms with Crippen LogP contribution in [0.3, 0.4) is 0 Å². The topological polar surface area (TPSA) is 124 Å². The number of carbonyl (C=O) groups excluding carboxylic acids is 1. The minimum absolute atomic E-state index is 0.242. The van der Waals surface area contributed by atoms with Crippen LogP contribution in [0.4, 0.5) is 0 Å². The number of rotatable bonds is 25. The molecule has 3 atom stereocenters. The Morgan fingerprint density at radius 2 is 1.18 bits per heavy atom. The summed E-state index contributed by atoms with van der Waals surface area (Å²) in [5, 5.41) is 23.0. The van der Waals surface area contributed by atoms with Gasteiger partial charge in [-0.15, -0.1) is 0 Å². The molecule has 0 aliphatic carbocycles. The van der Waals surface area contributed by atoms with E-state index in [0.29, 0.717) is 12.8 Å². The normalized spacial score (nSPS) is 15.0. The molecule has 0 spiro atoms. The second kappa shape index (κ2) is 24.6. The van der Waals surface area contributed by atoms with Crippen molar-refractivity contribution in [3.8, 4) is 0 Å². The van der Waals surface area contributed by atoms with Crippen molar-refractivity contribution in [1.82, 2.24) is 5.32 Å². The molecule has 0 heterocycles. The van der Waals surface area contributed by atoms with E-state index >= 15 is 0 Å². The average Bonchev–Trinajstić information content (AvgIpc) is 2.86. The molecule has 38 heavy (non-hydrogen) atoms. The van der Waals surface area contributed by atoms with Crippen LogP contribution < -0.4 is 5.32 Å². The first-order valence-electron chi connectivity index (χ1n) is 14.8. The third kappa shape index (κ3) is 23.6. The summed E-state index contributed by atoms with van der Waals surface area (Å²) in [6, 6.07) is -1.25. The number of aliphatic hydroxyl groups excluding tert-OH is 2. The Hall–Kier alpha value is -1.48. The van der Waals surface area contributed by atoms with Crippen molar-refractivity contribution in [2.75, 3.05) is 5.75 Å². The van der Waals surface area contributed by atoms with E-state index < -0.39 is 40.0 Å². The van der Waals surface area contributed by atoms with Crippen molar-refractivity contribution in [2.45, 2.75) is 141 Å². The van der Waals surface area contributed by atoms with Crippen molar-refractivity contribution in [3.05, 3.63) is 36.5 Å². The quantitative estimate of drug-likeness (QED) is 0.0583. The zero-order valence-electron chi connectivity index (χ0n) is 23.9. The van der Waals surface area contributed by atoms with E-state index in [1.807, 2.05) is 0 Å². The highest BCUT2D eigenvalue weighted by molar-refractivity contribution is 7.85. The lowest BCUT2D eigenvalue weighted by atomic mass is 10.1. The highest BCUT2D eigenvalue weighted by Gasteiger charge is 2.27. The second-order valence-electron chi connectivity index (χ2n) is 10.2. The van der Waals surface area contributed by atoms with Gasteiger partial charge in [-0.3, -0.25) is 9.35 Å². The van der Waals surface area contributed by atoms with Crippen LogP contribution in [0.5, 0.6) is 0 Å². The molecule has 0 aromatic rings. The molecule has 0 aliphatic heterocycles. The SMILES string of the molecule is CCCCC/C=C/CC/C=C/C(O)C(CS(=O)(=O)O)NC(=O)C(O)CCCC/C=C\CCCCCCCC. The van der Waals surface area contributed by atoms with E-state index in [9.17, 15) is 28.0 Å². The third-order valence-electron chi connectivity index (χ3n) is 6.40. The van der Waals surface area contributed by atoms with Crippen molar-refractivity contribution < 1.29 is 28.0 Å². The number of aliphatic hydroxyl groups is 2. The fourth-order valence-electron chi connectivity index (χ4n) is 4.05. The minimum atomic E-state index is -4.44. The van der Waals surface area contributed by atoms with Crippen LogP contribution in [-0.2, 0) is 14.9 Å². The Balaban J connectivity index is 4.36. The molecule has 0 aromatic heterocycles.